The van der Waals surface area contributed by atoms with Crippen LogP contribution in [0.25, 0.3) is 0 Å². The Balaban J connectivity index is 1.40. The lowest BCUT2D eigenvalue weighted by Crippen LogP contribution is -2.26. The first kappa shape index (κ1) is 13.7. The molecule has 110 valence electrons. The minimum Gasteiger partial charge on any atom is -0.356 e. The molecule has 0 unspecified atom stereocenters. The van der Waals surface area contributed by atoms with E-state index in [9.17, 15) is 4.79 Å². The number of fused-ring (bicyclic) bond motifs is 1. The Morgan fingerprint density at radius 1 is 1.29 bits per heavy atom. The number of carbonyl (C=O) groups excluding carboxylic acids is 1. The van der Waals surface area contributed by atoms with Gasteiger partial charge < -0.3 is 9.88 Å². The van der Waals surface area contributed by atoms with Crippen LogP contribution in [0.4, 0.5) is 0 Å². The molecule has 0 fully saturated rings. The second-order valence-corrected chi connectivity index (χ2v) is 5.21. The van der Waals surface area contributed by atoms with Gasteiger partial charge >= 0.3 is 0 Å². The first-order valence-electron chi connectivity index (χ1n) is 7.40. The predicted molar refractivity (Wildman–Crippen MR) is 77.6 cm³/mol. The van der Waals surface area contributed by atoms with Crippen molar-refractivity contribution in [2.75, 3.05) is 6.54 Å². The molecule has 0 saturated carbocycles. The first-order chi connectivity index (χ1) is 10.3. The predicted octanol–water partition coefficient (Wildman–Crippen LogP) is 0.911. The lowest BCUT2D eigenvalue weighted by Gasteiger charge is -2.05. The highest BCUT2D eigenvalue weighted by Crippen LogP contribution is 2.13. The van der Waals surface area contributed by atoms with Crippen molar-refractivity contribution in [3.8, 4) is 0 Å². The van der Waals surface area contributed by atoms with Gasteiger partial charge in [-0.25, -0.2) is 0 Å². The molecule has 1 amide bonds. The van der Waals surface area contributed by atoms with Gasteiger partial charge in [-0.05, 0) is 25.0 Å². The van der Waals surface area contributed by atoms with E-state index in [-0.39, 0.29) is 5.91 Å². The van der Waals surface area contributed by atoms with E-state index < -0.39 is 0 Å². The minimum absolute atomic E-state index is 0.0572. The van der Waals surface area contributed by atoms with Crippen LogP contribution in [0, 0.1) is 0 Å². The summed E-state index contributed by atoms with van der Waals surface area (Å²) in [5, 5.41) is 11.3. The maximum Gasteiger partial charge on any atom is 0.220 e. The third-order valence-electron chi connectivity index (χ3n) is 3.69. The summed E-state index contributed by atoms with van der Waals surface area (Å²) in [7, 11) is 0. The van der Waals surface area contributed by atoms with E-state index in [0.717, 1.165) is 43.1 Å². The standard InChI is InChI=1S/C15H19N5O/c21-15(7-6-12-4-1-2-9-16-12)17-10-8-14-19-18-13-5-3-11-20(13)14/h1-2,4,9H,3,5-8,10-11H2,(H,17,21). The topological polar surface area (TPSA) is 72.7 Å². The summed E-state index contributed by atoms with van der Waals surface area (Å²) in [4.78, 5) is 16.0. The largest absolute Gasteiger partial charge is 0.356 e. The number of aromatic nitrogens is 4. The molecule has 3 rings (SSSR count). The molecular weight excluding hydrogens is 266 g/mol. The van der Waals surface area contributed by atoms with Gasteiger partial charge in [-0.1, -0.05) is 6.07 Å². The zero-order chi connectivity index (χ0) is 14.5. The summed E-state index contributed by atoms with van der Waals surface area (Å²) in [6.07, 6.45) is 5.79. The molecule has 0 bridgehead atoms. The fourth-order valence-corrected chi connectivity index (χ4v) is 2.59. The van der Waals surface area contributed by atoms with Crippen LogP contribution in [-0.4, -0.2) is 32.2 Å². The fraction of sp³-hybridized carbons (Fsp3) is 0.467. The first-order valence-corrected chi connectivity index (χ1v) is 7.40. The molecule has 0 aliphatic carbocycles. The highest BCUT2D eigenvalue weighted by molar-refractivity contribution is 5.76. The van der Waals surface area contributed by atoms with Gasteiger partial charge in [0.1, 0.15) is 11.6 Å². The zero-order valence-electron chi connectivity index (χ0n) is 12.0. The lowest BCUT2D eigenvalue weighted by molar-refractivity contribution is -0.121. The maximum atomic E-state index is 11.8. The van der Waals surface area contributed by atoms with Crippen molar-refractivity contribution in [1.29, 1.82) is 0 Å². The normalized spacial score (nSPS) is 13.1. The fourth-order valence-electron chi connectivity index (χ4n) is 2.59. The van der Waals surface area contributed by atoms with Gasteiger partial charge in [0.05, 0.1) is 0 Å². The Morgan fingerprint density at radius 2 is 2.24 bits per heavy atom. The van der Waals surface area contributed by atoms with Crippen LogP contribution in [0.15, 0.2) is 24.4 Å². The molecule has 0 atom stereocenters. The lowest BCUT2D eigenvalue weighted by atomic mass is 10.2. The zero-order valence-corrected chi connectivity index (χ0v) is 12.0. The van der Waals surface area contributed by atoms with Gasteiger partial charge in [-0.2, -0.15) is 0 Å². The molecule has 1 aliphatic heterocycles. The molecule has 6 nitrogen and oxygen atoms in total. The average molecular weight is 285 g/mol. The Hall–Kier alpha value is -2.24. The van der Waals surface area contributed by atoms with Crippen LogP contribution in [0.3, 0.4) is 0 Å². The number of hydrogen-bond acceptors (Lipinski definition) is 4. The van der Waals surface area contributed by atoms with Crippen LogP contribution in [-0.2, 0) is 30.6 Å². The summed E-state index contributed by atoms with van der Waals surface area (Å²) in [6.45, 7) is 1.62. The molecular formula is C15H19N5O. The number of amides is 1. The molecule has 0 radical (unpaired) electrons. The molecule has 6 heteroatoms. The van der Waals surface area contributed by atoms with Crippen molar-refractivity contribution in [2.45, 2.75) is 38.6 Å². The van der Waals surface area contributed by atoms with Crippen LogP contribution in [0.1, 0.15) is 30.2 Å². The van der Waals surface area contributed by atoms with Crippen molar-refractivity contribution in [1.82, 2.24) is 25.1 Å². The van der Waals surface area contributed by atoms with Crippen molar-refractivity contribution < 1.29 is 4.79 Å². The number of nitrogens with zero attached hydrogens (tertiary/aromatic N) is 4. The van der Waals surface area contributed by atoms with Gasteiger partial charge in [-0.3, -0.25) is 9.78 Å². The van der Waals surface area contributed by atoms with Gasteiger partial charge in [0.15, 0.2) is 0 Å². The number of pyridine rings is 1. The molecule has 2 aromatic heterocycles. The van der Waals surface area contributed by atoms with E-state index in [1.165, 1.54) is 0 Å². The van der Waals surface area contributed by atoms with E-state index >= 15 is 0 Å². The van der Waals surface area contributed by atoms with Crippen molar-refractivity contribution in [3.63, 3.8) is 0 Å². The summed E-state index contributed by atoms with van der Waals surface area (Å²) in [5.74, 6) is 2.11. The number of hydrogen-bond donors (Lipinski definition) is 1. The quantitative estimate of drug-likeness (QED) is 0.856. The monoisotopic (exact) mass is 285 g/mol. The number of aryl methyl sites for hydroxylation is 2. The summed E-state index contributed by atoms with van der Waals surface area (Å²) >= 11 is 0. The van der Waals surface area contributed by atoms with Gasteiger partial charge in [0, 0.05) is 44.2 Å². The Bertz CT molecular complexity index is 608. The minimum atomic E-state index is 0.0572. The number of rotatable bonds is 6. The molecule has 3 heterocycles. The molecule has 2 aromatic rings. The van der Waals surface area contributed by atoms with Crippen LogP contribution in [0.5, 0.6) is 0 Å². The average Bonchev–Trinajstić information content (AvgIpc) is 3.11. The second-order valence-electron chi connectivity index (χ2n) is 5.21. The van der Waals surface area contributed by atoms with E-state index in [4.69, 9.17) is 0 Å². The van der Waals surface area contributed by atoms with E-state index in [1.54, 1.807) is 6.20 Å². The van der Waals surface area contributed by atoms with E-state index in [2.05, 4.69) is 25.1 Å². The Kier molecular flexibility index (Phi) is 4.23. The molecule has 1 N–H and O–H groups in total. The summed E-state index contributed by atoms with van der Waals surface area (Å²) in [6, 6.07) is 5.75. The Morgan fingerprint density at radius 3 is 3.10 bits per heavy atom. The SMILES string of the molecule is O=C(CCc1ccccn1)NCCc1nnc2n1CCC2. The van der Waals surface area contributed by atoms with Crippen molar-refractivity contribution in [3.05, 3.63) is 41.7 Å². The van der Waals surface area contributed by atoms with Gasteiger partial charge in [0.2, 0.25) is 5.91 Å². The molecule has 21 heavy (non-hydrogen) atoms. The van der Waals surface area contributed by atoms with Gasteiger partial charge in [0.25, 0.3) is 0 Å². The second kappa shape index (κ2) is 6.47. The maximum absolute atomic E-state index is 11.8. The third-order valence-corrected chi connectivity index (χ3v) is 3.69. The summed E-state index contributed by atoms with van der Waals surface area (Å²) < 4.78 is 2.17. The molecule has 0 spiro atoms. The highest BCUT2D eigenvalue weighted by Gasteiger charge is 2.16. The number of nitrogens with one attached hydrogen (secondary N) is 1. The van der Waals surface area contributed by atoms with E-state index in [1.807, 2.05) is 18.2 Å². The smallest absolute Gasteiger partial charge is 0.220 e. The van der Waals surface area contributed by atoms with Crippen LogP contribution < -0.4 is 5.32 Å². The number of carbonyl (C=O) groups is 1. The van der Waals surface area contributed by atoms with Gasteiger partial charge in [-0.15, -0.1) is 10.2 Å². The van der Waals surface area contributed by atoms with Crippen molar-refractivity contribution in [2.24, 2.45) is 0 Å². The van der Waals surface area contributed by atoms with Crippen LogP contribution >= 0.6 is 0 Å². The third kappa shape index (κ3) is 3.45. The van der Waals surface area contributed by atoms with Crippen LogP contribution in [0.2, 0.25) is 0 Å². The Labute approximate surface area is 123 Å². The summed E-state index contributed by atoms with van der Waals surface area (Å²) in [5.41, 5.74) is 0.947. The molecule has 0 saturated heterocycles. The molecule has 0 aromatic carbocycles. The van der Waals surface area contributed by atoms with E-state index in [0.29, 0.717) is 19.4 Å². The van der Waals surface area contributed by atoms with Crippen molar-refractivity contribution >= 4 is 5.91 Å². The molecule has 1 aliphatic rings. The highest BCUT2D eigenvalue weighted by atomic mass is 16.1.